The fraction of sp³-hybridized carbons (Fsp3) is 0.462. The van der Waals surface area contributed by atoms with E-state index in [0.717, 1.165) is 28.7 Å². The van der Waals surface area contributed by atoms with Gasteiger partial charge in [0, 0.05) is 5.56 Å². The number of carboxylic acids is 1. The first-order chi connectivity index (χ1) is 14.2. The zero-order valence-corrected chi connectivity index (χ0v) is 19.5. The first-order valence-corrected chi connectivity index (χ1v) is 10.6. The van der Waals surface area contributed by atoms with Gasteiger partial charge in [0.1, 0.15) is 22.5 Å². The van der Waals surface area contributed by atoms with Crippen LogP contribution in [-0.2, 0) is 21.4 Å². The summed E-state index contributed by atoms with van der Waals surface area (Å²) in [5.74, 6) is -0.696. The van der Waals surface area contributed by atoms with Gasteiger partial charge in [-0.25, -0.2) is 4.79 Å². The predicted octanol–water partition coefficient (Wildman–Crippen LogP) is 5.77. The van der Waals surface area contributed by atoms with Crippen molar-refractivity contribution in [2.75, 3.05) is 0 Å². The number of hydrogen-bond acceptors (Lipinski definition) is 4. The van der Waals surface area contributed by atoms with Crippen molar-refractivity contribution in [2.45, 2.75) is 77.9 Å². The van der Waals surface area contributed by atoms with Crippen LogP contribution in [0.1, 0.15) is 76.4 Å². The molecule has 2 aromatic carbocycles. The zero-order chi connectivity index (χ0) is 23.2. The van der Waals surface area contributed by atoms with Gasteiger partial charge in [-0.05, 0) is 75.3 Å². The lowest BCUT2D eigenvalue weighted by atomic mass is 9.72. The molecule has 0 amide bonds. The summed E-state index contributed by atoms with van der Waals surface area (Å²) in [4.78, 5) is 24.1. The maximum absolute atomic E-state index is 13.1. The highest BCUT2D eigenvalue weighted by atomic mass is 16.6. The molecule has 0 atom stereocenters. The average molecular weight is 425 g/mol. The van der Waals surface area contributed by atoms with Crippen molar-refractivity contribution in [1.29, 1.82) is 0 Å². The molecule has 2 aromatic rings. The third kappa shape index (κ3) is 5.27. The molecule has 0 radical (unpaired) electrons. The van der Waals surface area contributed by atoms with Gasteiger partial charge in [-0.15, -0.1) is 0 Å². The normalized spacial score (nSPS) is 16.7. The Hall–Kier alpha value is -2.82. The first-order valence-electron chi connectivity index (χ1n) is 10.6. The highest BCUT2D eigenvalue weighted by Crippen LogP contribution is 2.48. The molecule has 0 aliphatic carbocycles. The summed E-state index contributed by atoms with van der Waals surface area (Å²) >= 11 is 0. The van der Waals surface area contributed by atoms with Gasteiger partial charge >= 0.3 is 11.9 Å². The SMILES string of the molecule is CC(C)(C)OC(=O)c1cc(-c2ccc(CC(=O)O)cc2)cc2c1OC(C)(C)CC2(C)C. The Labute approximate surface area is 184 Å². The molecule has 1 heterocycles. The molecule has 1 N–H and O–H groups in total. The Morgan fingerprint density at radius 3 is 2.19 bits per heavy atom. The smallest absolute Gasteiger partial charge is 0.342 e. The van der Waals surface area contributed by atoms with E-state index in [0.29, 0.717) is 11.3 Å². The largest absolute Gasteiger partial charge is 0.487 e. The van der Waals surface area contributed by atoms with Gasteiger partial charge in [-0.3, -0.25) is 4.79 Å². The summed E-state index contributed by atoms with van der Waals surface area (Å²) in [6, 6.07) is 11.3. The van der Waals surface area contributed by atoms with Crippen molar-refractivity contribution in [1.82, 2.24) is 0 Å². The summed E-state index contributed by atoms with van der Waals surface area (Å²) in [6.45, 7) is 13.9. The number of esters is 1. The number of fused-ring (bicyclic) bond motifs is 1. The lowest BCUT2D eigenvalue weighted by Gasteiger charge is -2.43. The molecule has 0 saturated heterocycles. The predicted molar refractivity (Wildman–Crippen MR) is 121 cm³/mol. The van der Waals surface area contributed by atoms with E-state index in [4.69, 9.17) is 14.6 Å². The zero-order valence-electron chi connectivity index (χ0n) is 19.5. The van der Waals surface area contributed by atoms with Crippen molar-refractivity contribution in [3.8, 4) is 16.9 Å². The Balaban J connectivity index is 2.15. The maximum atomic E-state index is 13.1. The van der Waals surface area contributed by atoms with E-state index in [1.54, 1.807) is 12.1 Å². The second kappa shape index (κ2) is 7.70. The summed E-state index contributed by atoms with van der Waals surface area (Å²) in [5.41, 5.74) is 2.66. The summed E-state index contributed by atoms with van der Waals surface area (Å²) in [6.07, 6.45) is 0.783. The van der Waals surface area contributed by atoms with Crippen LogP contribution in [0.25, 0.3) is 11.1 Å². The molecule has 0 saturated carbocycles. The van der Waals surface area contributed by atoms with Gasteiger partial charge in [0.25, 0.3) is 0 Å². The van der Waals surface area contributed by atoms with E-state index in [9.17, 15) is 9.59 Å². The minimum Gasteiger partial charge on any atom is -0.487 e. The molecule has 0 spiro atoms. The minimum absolute atomic E-state index is 0.0242. The molecule has 5 heteroatoms. The van der Waals surface area contributed by atoms with Gasteiger partial charge in [-0.1, -0.05) is 38.1 Å². The molecule has 0 fully saturated rings. The number of benzene rings is 2. The van der Waals surface area contributed by atoms with Crippen molar-refractivity contribution < 1.29 is 24.2 Å². The third-order valence-electron chi connectivity index (χ3n) is 5.33. The van der Waals surface area contributed by atoms with Gasteiger partial charge in [0.2, 0.25) is 0 Å². The Bertz CT molecular complexity index is 1010. The number of hydrogen-bond donors (Lipinski definition) is 1. The lowest BCUT2D eigenvalue weighted by Crippen LogP contribution is -2.42. The number of carbonyl (C=O) groups excluding carboxylic acids is 1. The second-order valence-corrected chi connectivity index (χ2v) is 10.6. The molecular formula is C26H32O5. The molecule has 0 bridgehead atoms. The van der Waals surface area contributed by atoms with Crippen LogP contribution in [0.15, 0.2) is 36.4 Å². The van der Waals surface area contributed by atoms with E-state index in [1.165, 1.54) is 0 Å². The van der Waals surface area contributed by atoms with Crippen LogP contribution in [-0.4, -0.2) is 28.2 Å². The number of ether oxygens (including phenoxy) is 2. The van der Waals surface area contributed by atoms with Crippen LogP contribution in [0.5, 0.6) is 5.75 Å². The summed E-state index contributed by atoms with van der Waals surface area (Å²) in [7, 11) is 0. The molecule has 3 rings (SSSR count). The van der Waals surface area contributed by atoms with Gasteiger partial charge in [0.15, 0.2) is 0 Å². The van der Waals surface area contributed by atoms with E-state index < -0.39 is 23.1 Å². The van der Waals surface area contributed by atoms with Crippen LogP contribution < -0.4 is 4.74 Å². The molecule has 5 nitrogen and oxygen atoms in total. The van der Waals surface area contributed by atoms with Crippen molar-refractivity contribution >= 4 is 11.9 Å². The van der Waals surface area contributed by atoms with Crippen molar-refractivity contribution in [3.63, 3.8) is 0 Å². The number of aliphatic carboxylic acids is 1. The van der Waals surface area contributed by atoms with E-state index in [1.807, 2.05) is 52.8 Å². The van der Waals surface area contributed by atoms with Crippen LogP contribution >= 0.6 is 0 Å². The topological polar surface area (TPSA) is 72.8 Å². The Morgan fingerprint density at radius 2 is 1.65 bits per heavy atom. The molecule has 1 aliphatic heterocycles. The number of carbonyl (C=O) groups is 2. The molecule has 166 valence electrons. The Morgan fingerprint density at radius 1 is 1.03 bits per heavy atom. The maximum Gasteiger partial charge on any atom is 0.342 e. The summed E-state index contributed by atoms with van der Waals surface area (Å²) < 4.78 is 12.0. The fourth-order valence-corrected chi connectivity index (χ4v) is 4.35. The number of carboxylic acid groups (broad SMARTS) is 1. The fourth-order valence-electron chi connectivity index (χ4n) is 4.35. The third-order valence-corrected chi connectivity index (χ3v) is 5.33. The standard InChI is InChI=1S/C26H32O5/c1-24(2,3)31-23(29)19-13-18(17-10-8-16(9-11-17)12-21(27)28)14-20-22(19)30-26(6,7)15-25(20,4)5/h8-11,13-14H,12,15H2,1-7H3,(H,27,28). The van der Waals surface area contributed by atoms with Crippen LogP contribution in [0.4, 0.5) is 0 Å². The van der Waals surface area contributed by atoms with Gasteiger partial charge in [-0.2, -0.15) is 0 Å². The Kier molecular flexibility index (Phi) is 5.68. The van der Waals surface area contributed by atoms with Crippen molar-refractivity contribution in [3.05, 3.63) is 53.1 Å². The molecule has 0 aromatic heterocycles. The highest BCUT2D eigenvalue weighted by Gasteiger charge is 2.41. The summed E-state index contributed by atoms with van der Waals surface area (Å²) in [5, 5.41) is 9.01. The lowest BCUT2D eigenvalue weighted by molar-refractivity contribution is -0.136. The quantitative estimate of drug-likeness (QED) is 0.630. The van der Waals surface area contributed by atoms with E-state index in [2.05, 4.69) is 19.9 Å². The molecule has 1 aliphatic rings. The monoisotopic (exact) mass is 424 g/mol. The van der Waals surface area contributed by atoms with Gasteiger partial charge in [0.05, 0.1) is 6.42 Å². The highest BCUT2D eigenvalue weighted by molar-refractivity contribution is 5.95. The van der Waals surface area contributed by atoms with E-state index in [-0.39, 0.29) is 11.8 Å². The van der Waals surface area contributed by atoms with Crippen LogP contribution in [0, 0.1) is 0 Å². The molecule has 31 heavy (non-hydrogen) atoms. The van der Waals surface area contributed by atoms with Gasteiger partial charge < -0.3 is 14.6 Å². The van der Waals surface area contributed by atoms with E-state index >= 15 is 0 Å². The van der Waals surface area contributed by atoms with Crippen molar-refractivity contribution in [2.24, 2.45) is 0 Å². The first kappa shape index (κ1) is 22.9. The molecule has 0 unspecified atom stereocenters. The average Bonchev–Trinajstić information content (AvgIpc) is 2.58. The van der Waals surface area contributed by atoms with Crippen LogP contribution in [0.3, 0.4) is 0 Å². The second-order valence-electron chi connectivity index (χ2n) is 10.6. The minimum atomic E-state index is -0.866. The molecular weight excluding hydrogens is 392 g/mol. The van der Waals surface area contributed by atoms with Crippen LogP contribution in [0.2, 0.25) is 0 Å². The number of rotatable bonds is 4.